The van der Waals surface area contributed by atoms with Crippen molar-refractivity contribution in [3.63, 3.8) is 0 Å². The molecule has 1 aliphatic rings. The molecule has 0 saturated carbocycles. The van der Waals surface area contributed by atoms with Crippen molar-refractivity contribution in [2.45, 2.75) is 0 Å². The third-order valence-corrected chi connectivity index (χ3v) is 4.98. The Balaban J connectivity index is 1.44. The van der Waals surface area contributed by atoms with E-state index < -0.39 is 5.97 Å². The predicted octanol–water partition coefficient (Wildman–Crippen LogP) is 3.90. The van der Waals surface area contributed by atoms with Crippen molar-refractivity contribution in [2.75, 3.05) is 37.7 Å². The predicted molar refractivity (Wildman–Crippen MR) is 112 cm³/mol. The summed E-state index contributed by atoms with van der Waals surface area (Å²) in [5.41, 5.74) is 1.75. The fraction of sp³-hybridized carbons (Fsp3) is 0.238. The number of hydrogen-bond acceptors (Lipinski definition) is 4. The molecule has 1 saturated heterocycles. The van der Waals surface area contributed by atoms with Crippen molar-refractivity contribution in [2.24, 2.45) is 0 Å². The molecule has 0 radical (unpaired) electrons. The van der Waals surface area contributed by atoms with Gasteiger partial charge in [0.25, 0.3) is 5.91 Å². The summed E-state index contributed by atoms with van der Waals surface area (Å²) in [5, 5.41) is 1.28. The van der Waals surface area contributed by atoms with Crippen LogP contribution in [-0.4, -0.2) is 49.6 Å². The van der Waals surface area contributed by atoms with E-state index in [0.717, 1.165) is 11.3 Å². The minimum Gasteiger partial charge on any atom is -0.452 e. The molecule has 0 N–H and O–H groups in total. The zero-order valence-corrected chi connectivity index (χ0v) is 16.7. The number of esters is 1. The summed E-state index contributed by atoms with van der Waals surface area (Å²) in [4.78, 5) is 28.0. The molecule has 0 aromatic heterocycles. The fourth-order valence-corrected chi connectivity index (χ4v) is 3.41. The minimum absolute atomic E-state index is 0.205. The minimum atomic E-state index is -0.567. The summed E-state index contributed by atoms with van der Waals surface area (Å²) in [6, 6.07) is 14.7. The third-order valence-electron chi connectivity index (χ3n) is 4.42. The summed E-state index contributed by atoms with van der Waals surface area (Å²) < 4.78 is 5.05. The lowest BCUT2D eigenvalue weighted by Crippen LogP contribution is -2.50. The molecule has 28 heavy (non-hydrogen) atoms. The lowest BCUT2D eigenvalue weighted by molar-refractivity contribution is -0.148. The van der Waals surface area contributed by atoms with Crippen LogP contribution in [0.4, 0.5) is 5.69 Å². The summed E-state index contributed by atoms with van der Waals surface area (Å²) >= 11 is 12.1. The average molecular weight is 419 g/mol. The van der Waals surface area contributed by atoms with E-state index in [1.165, 1.54) is 6.08 Å². The molecule has 0 aliphatic carbocycles. The molecular weight excluding hydrogens is 399 g/mol. The number of nitrogens with zero attached hydrogens (tertiary/aromatic N) is 2. The molecule has 7 heteroatoms. The number of piperazine rings is 1. The van der Waals surface area contributed by atoms with E-state index in [1.807, 2.05) is 30.3 Å². The molecular formula is C21H20Cl2N2O3. The summed E-state index contributed by atoms with van der Waals surface area (Å²) in [5.74, 6) is -0.772. The number of rotatable bonds is 5. The number of halogens is 2. The van der Waals surface area contributed by atoms with Gasteiger partial charge in [0.2, 0.25) is 0 Å². The lowest BCUT2D eigenvalue weighted by atomic mass is 10.2. The summed E-state index contributed by atoms with van der Waals surface area (Å²) in [6.45, 7) is 2.20. The molecule has 1 amide bonds. The van der Waals surface area contributed by atoms with Crippen LogP contribution in [0.5, 0.6) is 0 Å². The van der Waals surface area contributed by atoms with Crippen LogP contribution in [0.3, 0.4) is 0 Å². The highest BCUT2D eigenvalue weighted by Gasteiger charge is 2.22. The maximum atomic E-state index is 12.3. The van der Waals surface area contributed by atoms with Gasteiger partial charge >= 0.3 is 5.97 Å². The molecule has 146 valence electrons. The van der Waals surface area contributed by atoms with Gasteiger partial charge < -0.3 is 14.5 Å². The first-order valence-electron chi connectivity index (χ1n) is 8.90. The van der Waals surface area contributed by atoms with Gasteiger partial charge in [-0.25, -0.2) is 4.79 Å². The van der Waals surface area contributed by atoms with Crippen LogP contribution in [0.2, 0.25) is 10.0 Å². The van der Waals surface area contributed by atoms with Gasteiger partial charge in [0.15, 0.2) is 6.61 Å². The number of carbonyl (C=O) groups excluding carboxylic acids is 2. The van der Waals surface area contributed by atoms with E-state index in [9.17, 15) is 9.59 Å². The number of benzene rings is 2. The second kappa shape index (κ2) is 9.62. The zero-order valence-electron chi connectivity index (χ0n) is 15.2. The smallest absolute Gasteiger partial charge is 0.331 e. The molecule has 1 aliphatic heterocycles. The SMILES string of the molecule is O=C(/C=C/c1cccc(Cl)c1)OCC(=O)N1CCN(c2ccccc2Cl)CC1. The van der Waals surface area contributed by atoms with Crippen molar-refractivity contribution in [3.8, 4) is 0 Å². The normalized spacial score (nSPS) is 14.4. The molecule has 1 fully saturated rings. The summed E-state index contributed by atoms with van der Waals surface area (Å²) in [6.07, 6.45) is 2.88. The standard InChI is InChI=1S/C21H20Cl2N2O3/c22-17-5-3-4-16(14-17)8-9-21(27)28-15-20(26)25-12-10-24(11-13-25)19-7-2-1-6-18(19)23/h1-9,14H,10-13,15H2/b9-8+. The maximum absolute atomic E-state index is 12.3. The maximum Gasteiger partial charge on any atom is 0.331 e. The van der Waals surface area contributed by atoms with Crippen molar-refractivity contribution in [1.82, 2.24) is 4.90 Å². The fourth-order valence-electron chi connectivity index (χ4n) is 2.95. The van der Waals surface area contributed by atoms with E-state index >= 15 is 0 Å². The Kier molecular flexibility index (Phi) is 6.95. The molecule has 5 nitrogen and oxygen atoms in total. The highest BCUT2D eigenvalue weighted by molar-refractivity contribution is 6.33. The van der Waals surface area contributed by atoms with Crippen molar-refractivity contribution in [3.05, 3.63) is 70.2 Å². The van der Waals surface area contributed by atoms with Gasteiger partial charge in [-0.3, -0.25) is 4.79 Å². The highest BCUT2D eigenvalue weighted by atomic mass is 35.5. The monoisotopic (exact) mass is 418 g/mol. The van der Waals surface area contributed by atoms with Crippen LogP contribution in [0.15, 0.2) is 54.6 Å². The van der Waals surface area contributed by atoms with Gasteiger partial charge in [0, 0.05) is 37.3 Å². The lowest BCUT2D eigenvalue weighted by Gasteiger charge is -2.36. The Morgan fingerprint density at radius 1 is 1.00 bits per heavy atom. The topological polar surface area (TPSA) is 49.9 Å². The first-order chi connectivity index (χ1) is 13.5. The first-order valence-corrected chi connectivity index (χ1v) is 9.66. The van der Waals surface area contributed by atoms with Gasteiger partial charge in [-0.05, 0) is 35.9 Å². The van der Waals surface area contributed by atoms with Crippen LogP contribution in [0, 0.1) is 0 Å². The Labute approximate surface area is 174 Å². The van der Waals surface area contributed by atoms with Gasteiger partial charge in [-0.15, -0.1) is 0 Å². The average Bonchev–Trinajstić information content (AvgIpc) is 2.71. The molecule has 3 rings (SSSR count). The number of hydrogen-bond donors (Lipinski definition) is 0. The van der Waals surface area contributed by atoms with Gasteiger partial charge in [0.05, 0.1) is 10.7 Å². The van der Waals surface area contributed by atoms with Crippen molar-refractivity contribution >= 4 is 46.8 Å². The van der Waals surface area contributed by atoms with Gasteiger partial charge in [-0.1, -0.05) is 47.5 Å². The van der Waals surface area contributed by atoms with E-state index in [2.05, 4.69) is 4.90 Å². The van der Waals surface area contributed by atoms with E-state index in [-0.39, 0.29) is 12.5 Å². The molecule has 0 unspecified atom stereocenters. The van der Waals surface area contributed by atoms with Crippen molar-refractivity contribution in [1.29, 1.82) is 0 Å². The second-order valence-corrected chi connectivity index (χ2v) is 7.16. The van der Waals surface area contributed by atoms with Crippen LogP contribution < -0.4 is 4.90 Å². The van der Waals surface area contributed by atoms with Crippen LogP contribution in [0.1, 0.15) is 5.56 Å². The van der Waals surface area contributed by atoms with Gasteiger partial charge in [0.1, 0.15) is 0 Å². The molecule has 2 aromatic carbocycles. The van der Waals surface area contributed by atoms with Crippen molar-refractivity contribution < 1.29 is 14.3 Å². The first kappa shape index (κ1) is 20.2. The molecule has 1 heterocycles. The Hall–Kier alpha value is -2.50. The highest BCUT2D eigenvalue weighted by Crippen LogP contribution is 2.26. The Bertz CT molecular complexity index is 877. The molecule has 0 bridgehead atoms. The second-order valence-electron chi connectivity index (χ2n) is 6.32. The summed E-state index contributed by atoms with van der Waals surface area (Å²) in [7, 11) is 0. The number of amides is 1. The van der Waals surface area contributed by atoms with Gasteiger partial charge in [-0.2, -0.15) is 0 Å². The Morgan fingerprint density at radius 2 is 1.75 bits per heavy atom. The van der Waals surface area contributed by atoms with Crippen LogP contribution in [0.25, 0.3) is 6.08 Å². The third kappa shape index (κ3) is 5.50. The van der Waals surface area contributed by atoms with Crippen LogP contribution in [-0.2, 0) is 14.3 Å². The van der Waals surface area contributed by atoms with Crippen LogP contribution >= 0.6 is 23.2 Å². The quantitative estimate of drug-likeness (QED) is 0.545. The molecule has 0 spiro atoms. The van der Waals surface area contributed by atoms with E-state index in [4.69, 9.17) is 27.9 Å². The number of carbonyl (C=O) groups is 2. The Morgan fingerprint density at radius 3 is 2.46 bits per heavy atom. The van der Waals surface area contributed by atoms with E-state index in [1.54, 1.807) is 29.2 Å². The number of ether oxygens (including phenoxy) is 1. The molecule has 2 aromatic rings. The van der Waals surface area contributed by atoms with E-state index in [0.29, 0.717) is 36.2 Å². The molecule has 0 atom stereocenters. The zero-order chi connectivity index (χ0) is 19.9. The largest absolute Gasteiger partial charge is 0.452 e. The number of anilines is 1. The number of para-hydroxylation sites is 1.